The van der Waals surface area contributed by atoms with Crippen LogP contribution in [0.15, 0.2) is 77.6 Å². The Morgan fingerprint density at radius 2 is 1.46 bits per heavy atom. The smallest absolute Gasteiger partial charge is 0.276 e. The molecule has 0 bridgehead atoms. The maximum absolute atomic E-state index is 13.8. The Balaban J connectivity index is 1.45. The number of nitrogens with zero attached hydrogens (tertiary/aromatic N) is 3. The molecule has 1 N–H and O–H groups in total. The molecule has 2 atom stereocenters. The largest absolute Gasteiger partial charge is 0.354 e. The predicted octanol–water partition coefficient (Wildman–Crippen LogP) is 4.44. The van der Waals surface area contributed by atoms with Crippen molar-refractivity contribution in [2.24, 2.45) is 7.05 Å². The van der Waals surface area contributed by atoms with E-state index < -0.39 is 6.04 Å². The number of benzene rings is 3. The van der Waals surface area contributed by atoms with Crippen molar-refractivity contribution in [2.45, 2.75) is 25.0 Å². The van der Waals surface area contributed by atoms with E-state index in [1.165, 1.54) is 24.3 Å². The minimum absolute atomic E-state index is 0.0436. The number of nitrogens with one attached hydrogen (secondary N) is 1. The molecule has 3 heterocycles. The van der Waals surface area contributed by atoms with Crippen LogP contribution in [-0.2, 0) is 11.8 Å². The lowest BCUT2D eigenvalue weighted by Gasteiger charge is -2.50. The highest BCUT2D eigenvalue weighted by Crippen LogP contribution is 2.41. The third-order valence-electron chi connectivity index (χ3n) is 7.60. The molecule has 2 aliphatic heterocycles. The van der Waals surface area contributed by atoms with Crippen LogP contribution in [0.3, 0.4) is 0 Å². The van der Waals surface area contributed by atoms with Crippen LogP contribution < -0.4 is 15.8 Å². The van der Waals surface area contributed by atoms with Crippen LogP contribution in [-0.4, -0.2) is 40.5 Å². The average Bonchev–Trinajstić information content (AvgIpc) is 2.90. The zero-order valence-corrected chi connectivity index (χ0v) is 20.5. The van der Waals surface area contributed by atoms with E-state index in [0.29, 0.717) is 18.8 Å². The summed E-state index contributed by atoms with van der Waals surface area (Å²) in [5.74, 6) is -0.916. The number of carbonyl (C=O) groups excluding carboxylic acids is 1. The fraction of sp³-hybridized carbons (Fsp3) is 0.241. The van der Waals surface area contributed by atoms with Crippen molar-refractivity contribution < 1.29 is 13.6 Å². The predicted molar refractivity (Wildman–Crippen MR) is 140 cm³/mol. The van der Waals surface area contributed by atoms with Gasteiger partial charge < -0.3 is 14.8 Å². The Bertz CT molecular complexity index is 1520. The summed E-state index contributed by atoms with van der Waals surface area (Å²) in [6, 6.07) is 19.4. The van der Waals surface area contributed by atoms with E-state index in [4.69, 9.17) is 0 Å². The molecule has 2 aliphatic rings. The molecule has 0 aliphatic carbocycles. The van der Waals surface area contributed by atoms with Gasteiger partial charge in [-0.3, -0.25) is 14.5 Å². The van der Waals surface area contributed by atoms with Crippen LogP contribution in [0.2, 0.25) is 0 Å². The highest BCUT2D eigenvalue weighted by molar-refractivity contribution is 6.10. The van der Waals surface area contributed by atoms with Crippen molar-refractivity contribution in [3.8, 4) is 0 Å². The molecule has 37 heavy (non-hydrogen) atoms. The number of pyridine rings is 1. The highest BCUT2D eigenvalue weighted by Gasteiger charge is 2.44. The van der Waals surface area contributed by atoms with Crippen molar-refractivity contribution >= 4 is 28.2 Å². The van der Waals surface area contributed by atoms with Gasteiger partial charge in [0.05, 0.1) is 17.2 Å². The third kappa shape index (κ3) is 3.79. The molecule has 8 heteroatoms. The topological polar surface area (TPSA) is 57.6 Å². The van der Waals surface area contributed by atoms with Gasteiger partial charge in [0, 0.05) is 31.6 Å². The van der Waals surface area contributed by atoms with Crippen molar-refractivity contribution in [3.05, 3.63) is 106 Å². The molecule has 0 spiro atoms. The van der Waals surface area contributed by atoms with Crippen molar-refractivity contribution in [1.29, 1.82) is 0 Å². The number of piperazine rings is 1. The maximum Gasteiger partial charge on any atom is 0.276 e. The van der Waals surface area contributed by atoms with E-state index in [1.54, 1.807) is 35.9 Å². The minimum Gasteiger partial charge on any atom is -0.354 e. The first-order valence-corrected chi connectivity index (χ1v) is 12.3. The summed E-state index contributed by atoms with van der Waals surface area (Å²) in [6.45, 7) is 2.95. The molecule has 0 saturated carbocycles. The van der Waals surface area contributed by atoms with Gasteiger partial charge in [-0.15, -0.1) is 0 Å². The summed E-state index contributed by atoms with van der Waals surface area (Å²) in [4.78, 5) is 30.8. The van der Waals surface area contributed by atoms with Gasteiger partial charge >= 0.3 is 0 Å². The van der Waals surface area contributed by atoms with Crippen molar-refractivity contribution in [2.75, 3.05) is 23.3 Å². The lowest BCUT2D eigenvalue weighted by Crippen LogP contribution is -2.64. The molecule has 188 valence electrons. The Morgan fingerprint density at radius 1 is 0.865 bits per heavy atom. The molecule has 6 rings (SSSR count). The zero-order valence-electron chi connectivity index (χ0n) is 20.5. The number of hydrogen-bond donors (Lipinski definition) is 1. The molecule has 0 unspecified atom stereocenters. The summed E-state index contributed by atoms with van der Waals surface area (Å²) in [6.07, 6.45) is 0. The van der Waals surface area contributed by atoms with E-state index in [-0.39, 0.29) is 35.2 Å². The molecule has 6 nitrogen and oxygen atoms in total. The number of amides is 1. The first-order chi connectivity index (χ1) is 17.8. The fourth-order valence-electron chi connectivity index (χ4n) is 5.79. The van der Waals surface area contributed by atoms with E-state index in [1.807, 2.05) is 29.2 Å². The van der Waals surface area contributed by atoms with Gasteiger partial charge in [0.25, 0.3) is 5.56 Å². The molecule has 3 aromatic carbocycles. The Morgan fingerprint density at radius 3 is 2.08 bits per heavy atom. The molecule has 1 aromatic heterocycles. The van der Waals surface area contributed by atoms with Crippen LogP contribution >= 0.6 is 0 Å². The summed E-state index contributed by atoms with van der Waals surface area (Å²) in [5.41, 5.74) is 3.30. The average molecular weight is 501 g/mol. The standard InChI is InChI=1S/C29H26F2N4O2/c1-17-15-35-24(28(36)32-25-27(35)22-5-3-4-6-23(22)33(2)29(25)37)16-34(17)26(18-7-11-20(30)12-8-18)19-9-13-21(31)14-10-19/h3-14,17,24,26H,15-16H2,1-2H3,(H,32,36)/t17-,24-/m1/s1. The van der Waals surface area contributed by atoms with E-state index in [9.17, 15) is 18.4 Å². The van der Waals surface area contributed by atoms with Crippen LogP contribution in [0.25, 0.3) is 10.9 Å². The van der Waals surface area contributed by atoms with Crippen LogP contribution in [0, 0.1) is 11.6 Å². The van der Waals surface area contributed by atoms with Crippen LogP contribution in [0.4, 0.5) is 20.2 Å². The fourth-order valence-corrected chi connectivity index (χ4v) is 5.79. The van der Waals surface area contributed by atoms with Gasteiger partial charge in [-0.1, -0.05) is 42.5 Å². The van der Waals surface area contributed by atoms with E-state index >= 15 is 0 Å². The molecule has 4 aromatic rings. The second-order valence-corrected chi connectivity index (χ2v) is 9.81. The Hall–Kier alpha value is -4.04. The second-order valence-electron chi connectivity index (χ2n) is 9.81. The van der Waals surface area contributed by atoms with Gasteiger partial charge in [-0.05, 0) is 48.4 Å². The first-order valence-electron chi connectivity index (χ1n) is 12.3. The van der Waals surface area contributed by atoms with Crippen molar-refractivity contribution in [3.63, 3.8) is 0 Å². The number of para-hydroxylation sites is 1. The van der Waals surface area contributed by atoms with Gasteiger partial charge in [0.2, 0.25) is 5.91 Å². The molecule has 1 saturated heterocycles. The first kappa shape index (κ1) is 23.4. The van der Waals surface area contributed by atoms with Gasteiger partial charge in [0.1, 0.15) is 23.4 Å². The van der Waals surface area contributed by atoms with E-state index in [2.05, 4.69) is 17.1 Å². The summed E-state index contributed by atoms with van der Waals surface area (Å²) >= 11 is 0. The van der Waals surface area contributed by atoms with Crippen LogP contribution in [0.1, 0.15) is 24.1 Å². The number of fused-ring (bicyclic) bond motifs is 5. The highest BCUT2D eigenvalue weighted by atomic mass is 19.1. The van der Waals surface area contributed by atoms with Crippen LogP contribution in [0.5, 0.6) is 0 Å². The number of aromatic nitrogens is 1. The lowest BCUT2D eigenvalue weighted by atomic mass is 9.92. The van der Waals surface area contributed by atoms with Crippen molar-refractivity contribution in [1.82, 2.24) is 9.47 Å². The minimum atomic E-state index is -0.539. The maximum atomic E-state index is 13.8. The van der Waals surface area contributed by atoms with Gasteiger partial charge in [-0.25, -0.2) is 8.78 Å². The van der Waals surface area contributed by atoms with E-state index in [0.717, 1.165) is 27.7 Å². The zero-order chi connectivity index (χ0) is 25.8. The SMILES string of the molecule is C[C@@H]1CN2c3c(c(=O)n(C)c4ccccc34)NC(=O)[C@H]2CN1C(c1ccc(F)cc1)c1ccc(F)cc1. The lowest BCUT2D eigenvalue weighted by molar-refractivity contribution is -0.119. The molecular formula is C29H26F2N4O2. The summed E-state index contributed by atoms with van der Waals surface area (Å²) in [7, 11) is 1.71. The van der Waals surface area contributed by atoms with Gasteiger partial charge in [0.15, 0.2) is 0 Å². The normalized spacial score (nSPS) is 19.6. The summed E-state index contributed by atoms with van der Waals surface area (Å²) in [5, 5.41) is 3.79. The quantitative estimate of drug-likeness (QED) is 0.452. The number of rotatable bonds is 3. The Labute approximate surface area is 212 Å². The number of halogens is 2. The van der Waals surface area contributed by atoms with Gasteiger partial charge in [-0.2, -0.15) is 0 Å². The number of anilines is 2. The summed E-state index contributed by atoms with van der Waals surface area (Å²) < 4.78 is 29.1. The molecule has 1 fully saturated rings. The monoisotopic (exact) mass is 500 g/mol. The number of carbonyl (C=O) groups is 1. The third-order valence-corrected chi connectivity index (χ3v) is 7.60. The second kappa shape index (κ2) is 8.81. The molecular weight excluding hydrogens is 474 g/mol. The molecule has 0 radical (unpaired) electrons. The number of hydrogen-bond acceptors (Lipinski definition) is 4. The number of aryl methyl sites for hydroxylation is 1. The Kier molecular flexibility index (Phi) is 5.56. The molecule has 1 amide bonds.